The quantitative estimate of drug-likeness (QED) is 0.650. The van der Waals surface area contributed by atoms with Gasteiger partial charge in [-0.1, -0.05) is 27.5 Å². The highest BCUT2D eigenvalue weighted by atomic mass is 79.9. The molecule has 2 aromatic rings. The van der Waals surface area contributed by atoms with Crippen LogP contribution in [0.3, 0.4) is 0 Å². The molecule has 5 heteroatoms. The molecule has 0 heterocycles. The van der Waals surface area contributed by atoms with Crippen molar-refractivity contribution in [2.75, 3.05) is 0 Å². The molecular weight excluding hydrogens is 383 g/mol. The van der Waals surface area contributed by atoms with Crippen molar-refractivity contribution in [3.8, 4) is 11.5 Å². The van der Waals surface area contributed by atoms with Gasteiger partial charge in [0.2, 0.25) is 0 Å². The zero-order valence-corrected chi connectivity index (χ0v) is 12.9. The van der Waals surface area contributed by atoms with E-state index in [9.17, 15) is 4.79 Å². The number of benzene rings is 2. The molecule has 92 valence electrons. The van der Waals surface area contributed by atoms with Gasteiger partial charge in [0.25, 0.3) is 0 Å². The van der Waals surface area contributed by atoms with Gasteiger partial charge >= 0.3 is 0 Å². The molecule has 18 heavy (non-hydrogen) atoms. The molecule has 0 unspecified atom stereocenters. The molecule has 0 N–H and O–H groups in total. The van der Waals surface area contributed by atoms with E-state index in [2.05, 4.69) is 31.9 Å². The Labute approximate surface area is 126 Å². The van der Waals surface area contributed by atoms with Gasteiger partial charge in [0.15, 0.2) is 6.29 Å². The lowest BCUT2D eigenvalue weighted by Gasteiger charge is -2.10. The molecule has 0 aromatic heterocycles. The minimum absolute atomic E-state index is 0.414. The fourth-order valence-corrected chi connectivity index (χ4v) is 2.69. The van der Waals surface area contributed by atoms with Crippen LogP contribution in [0.4, 0.5) is 0 Å². The summed E-state index contributed by atoms with van der Waals surface area (Å²) in [5.74, 6) is 1.10. The Morgan fingerprint density at radius 3 is 2.44 bits per heavy atom. The third-order valence-corrected chi connectivity index (χ3v) is 3.56. The summed E-state index contributed by atoms with van der Waals surface area (Å²) in [5, 5.41) is 0.499. The number of rotatable bonds is 3. The highest BCUT2D eigenvalue weighted by Crippen LogP contribution is 2.33. The number of halogens is 3. The molecule has 0 saturated heterocycles. The topological polar surface area (TPSA) is 26.3 Å². The monoisotopic (exact) mass is 388 g/mol. The number of carbonyl (C=O) groups excluding carboxylic acids is 1. The van der Waals surface area contributed by atoms with E-state index in [4.69, 9.17) is 16.3 Å². The van der Waals surface area contributed by atoms with Crippen LogP contribution in [0.15, 0.2) is 45.3 Å². The summed E-state index contributed by atoms with van der Waals surface area (Å²) in [6.07, 6.45) is 0.716. The maximum absolute atomic E-state index is 11.0. The Morgan fingerprint density at radius 1 is 1.06 bits per heavy atom. The molecule has 2 rings (SSSR count). The minimum atomic E-state index is 0.414. The SMILES string of the molecule is O=Cc1cc(Cl)ccc1Oc1ccc(Br)cc1Br. The van der Waals surface area contributed by atoms with Gasteiger partial charge in [0.05, 0.1) is 10.0 Å². The standard InChI is InChI=1S/C13H7Br2ClO2/c14-9-1-3-13(11(15)6-9)18-12-4-2-10(16)5-8(12)7-17/h1-7H. The van der Waals surface area contributed by atoms with Crippen LogP contribution in [-0.4, -0.2) is 6.29 Å². The maximum Gasteiger partial charge on any atom is 0.153 e. The zero-order chi connectivity index (χ0) is 13.1. The van der Waals surface area contributed by atoms with Crippen LogP contribution in [0.25, 0.3) is 0 Å². The molecular formula is C13H7Br2ClO2. The summed E-state index contributed by atoms with van der Waals surface area (Å²) in [6.45, 7) is 0. The zero-order valence-electron chi connectivity index (χ0n) is 8.99. The summed E-state index contributed by atoms with van der Waals surface area (Å²) in [6, 6.07) is 10.4. The van der Waals surface area contributed by atoms with Gasteiger partial charge in [-0.3, -0.25) is 4.79 Å². The van der Waals surface area contributed by atoms with Crippen molar-refractivity contribution in [3.63, 3.8) is 0 Å². The van der Waals surface area contributed by atoms with Crippen LogP contribution in [0.5, 0.6) is 11.5 Å². The Kier molecular flexibility index (Phi) is 4.43. The molecule has 0 saturated carbocycles. The molecule has 0 aliphatic heterocycles. The van der Waals surface area contributed by atoms with Crippen molar-refractivity contribution in [2.45, 2.75) is 0 Å². The lowest BCUT2D eigenvalue weighted by atomic mass is 10.2. The Bertz CT molecular complexity index is 600. The van der Waals surface area contributed by atoms with Crippen LogP contribution in [0, 0.1) is 0 Å². The second-order valence-corrected chi connectivity index (χ2v) is 5.68. The third kappa shape index (κ3) is 3.13. The number of hydrogen-bond donors (Lipinski definition) is 0. The first-order valence-corrected chi connectivity index (χ1v) is 6.94. The average Bonchev–Trinajstić information content (AvgIpc) is 2.34. The molecule has 2 aromatic carbocycles. The Balaban J connectivity index is 2.36. The predicted molar refractivity (Wildman–Crippen MR) is 78.8 cm³/mol. The summed E-state index contributed by atoms with van der Waals surface area (Å²) >= 11 is 12.6. The Morgan fingerprint density at radius 2 is 1.78 bits per heavy atom. The van der Waals surface area contributed by atoms with Crippen LogP contribution in [-0.2, 0) is 0 Å². The number of ether oxygens (including phenoxy) is 1. The largest absolute Gasteiger partial charge is 0.455 e. The van der Waals surface area contributed by atoms with Crippen LogP contribution >= 0.6 is 43.5 Å². The lowest BCUT2D eigenvalue weighted by Crippen LogP contribution is -1.91. The first-order valence-electron chi connectivity index (χ1n) is 4.98. The molecule has 0 bridgehead atoms. The van der Waals surface area contributed by atoms with E-state index in [0.29, 0.717) is 28.4 Å². The smallest absolute Gasteiger partial charge is 0.153 e. The van der Waals surface area contributed by atoms with E-state index in [1.54, 1.807) is 24.3 Å². The van der Waals surface area contributed by atoms with Crippen molar-refractivity contribution in [3.05, 3.63) is 55.9 Å². The number of aldehydes is 1. The fourth-order valence-electron chi connectivity index (χ4n) is 1.38. The van der Waals surface area contributed by atoms with E-state index in [-0.39, 0.29) is 0 Å². The van der Waals surface area contributed by atoms with Crippen molar-refractivity contribution >= 4 is 49.7 Å². The van der Waals surface area contributed by atoms with Crippen LogP contribution < -0.4 is 4.74 Å². The molecule has 0 fully saturated rings. The van der Waals surface area contributed by atoms with Gasteiger partial charge in [0, 0.05) is 9.50 Å². The fraction of sp³-hybridized carbons (Fsp3) is 0. The van der Waals surface area contributed by atoms with Gasteiger partial charge < -0.3 is 4.74 Å². The maximum atomic E-state index is 11.0. The highest BCUT2D eigenvalue weighted by Gasteiger charge is 2.08. The highest BCUT2D eigenvalue weighted by molar-refractivity contribution is 9.11. The summed E-state index contributed by atoms with van der Waals surface area (Å²) in [4.78, 5) is 11.0. The van der Waals surface area contributed by atoms with Gasteiger partial charge in [-0.15, -0.1) is 0 Å². The van der Waals surface area contributed by atoms with Crippen molar-refractivity contribution in [1.82, 2.24) is 0 Å². The second-order valence-electron chi connectivity index (χ2n) is 3.48. The van der Waals surface area contributed by atoms with Gasteiger partial charge in [-0.25, -0.2) is 0 Å². The van der Waals surface area contributed by atoms with E-state index in [0.717, 1.165) is 8.95 Å². The number of carbonyl (C=O) groups is 1. The third-order valence-electron chi connectivity index (χ3n) is 2.21. The predicted octanol–water partition coefficient (Wildman–Crippen LogP) is 5.47. The molecule has 0 radical (unpaired) electrons. The van der Waals surface area contributed by atoms with Crippen molar-refractivity contribution < 1.29 is 9.53 Å². The van der Waals surface area contributed by atoms with Crippen molar-refractivity contribution in [1.29, 1.82) is 0 Å². The molecule has 0 atom stereocenters. The van der Waals surface area contributed by atoms with E-state index in [1.807, 2.05) is 12.1 Å². The number of hydrogen-bond acceptors (Lipinski definition) is 2. The minimum Gasteiger partial charge on any atom is -0.455 e. The van der Waals surface area contributed by atoms with Crippen LogP contribution in [0.2, 0.25) is 5.02 Å². The summed E-state index contributed by atoms with van der Waals surface area (Å²) < 4.78 is 7.42. The second kappa shape index (κ2) is 5.87. The van der Waals surface area contributed by atoms with E-state index >= 15 is 0 Å². The average molecular weight is 390 g/mol. The van der Waals surface area contributed by atoms with Crippen LogP contribution in [0.1, 0.15) is 10.4 Å². The molecule has 0 aliphatic rings. The molecule has 0 spiro atoms. The lowest BCUT2D eigenvalue weighted by molar-refractivity contribution is 0.112. The molecule has 2 nitrogen and oxygen atoms in total. The molecule has 0 aliphatic carbocycles. The van der Waals surface area contributed by atoms with Gasteiger partial charge in [-0.05, 0) is 52.3 Å². The molecule has 0 amide bonds. The first-order chi connectivity index (χ1) is 8.60. The van der Waals surface area contributed by atoms with E-state index in [1.165, 1.54) is 0 Å². The van der Waals surface area contributed by atoms with Gasteiger partial charge in [-0.2, -0.15) is 0 Å². The van der Waals surface area contributed by atoms with Crippen molar-refractivity contribution in [2.24, 2.45) is 0 Å². The first kappa shape index (κ1) is 13.6. The Hall–Kier alpha value is -0.840. The summed E-state index contributed by atoms with van der Waals surface area (Å²) in [7, 11) is 0. The van der Waals surface area contributed by atoms with Gasteiger partial charge in [0.1, 0.15) is 11.5 Å². The normalized spacial score (nSPS) is 10.2. The van der Waals surface area contributed by atoms with E-state index < -0.39 is 0 Å². The summed E-state index contributed by atoms with van der Waals surface area (Å²) in [5.41, 5.74) is 0.414.